The summed E-state index contributed by atoms with van der Waals surface area (Å²) in [5.74, 6) is 0.139. The van der Waals surface area contributed by atoms with Crippen LogP contribution < -0.4 is 27.8 Å². The summed E-state index contributed by atoms with van der Waals surface area (Å²) in [7, 11) is 0. The smallest absolute Gasteiger partial charge is 0.185 e. The number of halogens is 2. The number of aliphatic imine (C=N–C) groups is 1. The van der Waals surface area contributed by atoms with Crippen LogP contribution >= 0.6 is 34.2 Å². The zero-order valence-electron chi connectivity index (χ0n) is 17.9. The number of rotatable bonds is 14. The first-order chi connectivity index (χ1) is 15.0. The van der Waals surface area contributed by atoms with Crippen molar-refractivity contribution < 1.29 is 0 Å². The highest BCUT2D eigenvalue weighted by Crippen LogP contribution is 2.11. The van der Waals surface area contributed by atoms with Crippen molar-refractivity contribution in [3.05, 3.63) is 68.3 Å². The Morgan fingerprint density at radius 1 is 0.968 bits per heavy atom. The maximum atomic E-state index is 5.99. The number of nitrogens with one attached hydrogen (secondary N) is 2. The lowest BCUT2D eigenvalue weighted by molar-refractivity contribution is 0.413. The predicted molar refractivity (Wildman–Crippen MR) is 141 cm³/mol. The van der Waals surface area contributed by atoms with Crippen molar-refractivity contribution in [3.63, 3.8) is 0 Å². The number of nitrogens with two attached hydrogens (primary N) is 3. The van der Waals surface area contributed by atoms with E-state index in [4.69, 9.17) is 28.8 Å². The van der Waals surface area contributed by atoms with Crippen molar-refractivity contribution in [2.45, 2.75) is 37.8 Å². The van der Waals surface area contributed by atoms with Gasteiger partial charge < -0.3 is 27.8 Å². The molecule has 0 aliphatic rings. The first-order valence-corrected chi connectivity index (χ1v) is 12.1. The van der Waals surface area contributed by atoms with Gasteiger partial charge in [-0.1, -0.05) is 35.9 Å². The number of hydrogen-bond acceptors (Lipinski definition) is 4. The molecule has 0 saturated carbocycles. The molecule has 8 N–H and O–H groups in total. The van der Waals surface area contributed by atoms with Crippen LogP contribution in [-0.4, -0.2) is 44.2 Å². The van der Waals surface area contributed by atoms with Crippen LogP contribution in [0.25, 0.3) is 0 Å². The van der Waals surface area contributed by atoms with Gasteiger partial charge in [0.1, 0.15) is 0 Å². The molecule has 0 radical (unpaired) electrons. The van der Waals surface area contributed by atoms with E-state index in [1.807, 2.05) is 12.1 Å². The molecule has 0 bridgehead atoms. The molecule has 6 nitrogen and oxygen atoms in total. The van der Waals surface area contributed by atoms with Gasteiger partial charge in [-0.15, -0.1) is 0 Å². The molecular weight excluding hydrogens is 523 g/mol. The molecule has 2 atom stereocenters. The zero-order valence-corrected chi connectivity index (χ0v) is 20.8. The maximum absolute atomic E-state index is 5.99. The van der Waals surface area contributed by atoms with E-state index >= 15 is 0 Å². The highest BCUT2D eigenvalue weighted by molar-refractivity contribution is 14.1. The van der Waals surface area contributed by atoms with Crippen LogP contribution in [0.15, 0.2) is 53.5 Å². The Balaban J connectivity index is 1.88. The summed E-state index contributed by atoms with van der Waals surface area (Å²) in [4.78, 5) is 4.05. The van der Waals surface area contributed by atoms with Crippen LogP contribution in [0.5, 0.6) is 0 Å². The van der Waals surface area contributed by atoms with E-state index in [1.54, 1.807) is 0 Å². The van der Waals surface area contributed by atoms with Gasteiger partial charge in [0.15, 0.2) is 5.96 Å². The van der Waals surface area contributed by atoms with Crippen LogP contribution in [0.1, 0.15) is 24.0 Å². The van der Waals surface area contributed by atoms with Crippen molar-refractivity contribution >= 4 is 40.2 Å². The van der Waals surface area contributed by atoms with Crippen molar-refractivity contribution in [2.75, 3.05) is 26.2 Å². The first-order valence-electron chi connectivity index (χ1n) is 10.7. The fourth-order valence-electron chi connectivity index (χ4n) is 3.35. The Morgan fingerprint density at radius 2 is 1.65 bits per heavy atom. The van der Waals surface area contributed by atoms with Gasteiger partial charge in [0.25, 0.3) is 0 Å². The molecule has 2 aromatic carbocycles. The molecule has 170 valence electrons. The maximum Gasteiger partial charge on any atom is 0.185 e. The quantitative estimate of drug-likeness (QED) is 0.106. The lowest BCUT2D eigenvalue weighted by Gasteiger charge is -2.24. The van der Waals surface area contributed by atoms with Crippen LogP contribution in [-0.2, 0) is 12.8 Å². The summed E-state index contributed by atoms with van der Waals surface area (Å²) in [6, 6.07) is 17.3. The molecule has 0 saturated heterocycles. The highest BCUT2D eigenvalue weighted by atomic mass is 127. The Kier molecular flexibility index (Phi) is 12.2. The average molecular weight is 557 g/mol. The van der Waals surface area contributed by atoms with E-state index in [-0.39, 0.29) is 12.0 Å². The third kappa shape index (κ3) is 11.2. The zero-order chi connectivity index (χ0) is 22.5. The van der Waals surface area contributed by atoms with Crippen molar-refractivity contribution in [1.29, 1.82) is 0 Å². The minimum atomic E-state index is 0.139. The number of benzene rings is 2. The van der Waals surface area contributed by atoms with Crippen molar-refractivity contribution in [3.8, 4) is 0 Å². The molecule has 0 aliphatic heterocycles. The van der Waals surface area contributed by atoms with Gasteiger partial charge in [-0.05, 0) is 90.2 Å². The summed E-state index contributed by atoms with van der Waals surface area (Å²) < 4.78 is 1.25. The van der Waals surface area contributed by atoms with Crippen LogP contribution in [0.2, 0.25) is 5.02 Å². The fourth-order valence-corrected chi connectivity index (χ4v) is 3.84. The minimum Gasteiger partial charge on any atom is -0.370 e. The minimum absolute atomic E-state index is 0.139. The summed E-state index contributed by atoms with van der Waals surface area (Å²) in [6.07, 6.45) is 3.75. The SMILES string of the molecule is NC[C@@H](CCCN=C(N)N)NC[C@@H](Cc1ccc(I)cc1)NCCc1ccc(Cl)cc1. The third-order valence-corrected chi connectivity index (χ3v) is 6.07. The Hall–Kier alpha value is -1.39. The average Bonchev–Trinajstić information content (AvgIpc) is 2.75. The molecule has 0 aliphatic carbocycles. The van der Waals surface area contributed by atoms with Crippen LogP contribution in [0.4, 0.5) is 0 Å². The van der Waals surface area contributed by atoms with Gasteiger partial charge in [-0.3, -0.25) is 4.99 Å². The molecule has 0 heterocycles. The molecule has 31 heavy (non-hydrogen) atoms. The van der Waals surface area contributed by atoms with Gasteiger partial charge >= 0.3 is 0 Å². The number of nitrogens with zero attached hydrogens (tertiary/aromatic N) is 1. The van der Waals surface area contributed by atoms with E-state index in [2.05, 4.69) is 74.6 Å². The Labute approximate surface area is 204 Å². The summed E-state index contributed by atoms with van der Waals surface area (Å²) in [5, 5.41) is 8.11. The van der Waals surface area contributed by atoms with Crippen molar-refractivity contribution in [2.24, 2.45) is 22.2 Å². The molecule has 0 spiro atoms. The molecular formula is C23H34ClIN6. The normalized spacial score (nSPS) is 13.0. The molecule has 0 fully saturated rings. The van der Waals surface area contributed by atoms with Gasteiger partial charge in [-0.25, -0.2) is 0 Å². The first kappa shape index (κ1) is 25.9. The van der Waals surface area contributed by atoms with Crippen molar-refractivity contribution in [1.82, 2.24) is 10.6 Å². The molecule has 2 rings (SSSR count). The lowest BCUT2D eigenvalue weighted by Crippen LogP contribution is -2.46. The van der Waals surface area contributed by atoms with Crippen LogP contribution in [0.3, 0.4) is 0 Å². The second-order valence-electron chi connectivity index (χ2n) is 7.65. The molecule has 0 unspecified atom stereocenters. The third-order valence-electron chi connectivity index (χ3n) is 5.10. The lowest BCUT2D eigenvalue weighted by atomic mass is 10.0. The Bertz CT molecular complexity index is 778. The van der Waals surface area contributed by atoms with Crippen LogP contribution in [0, 0.1) is 3.57 Å². The molecule has 0 aromatic heterocycles. The summed E-state index contributed by atoms with van der Waals surface area (Å²) >= 11 is 8.32. The van der Waals surface area contributed by atoms with E-state index < -0.39 is 0 Å². The summed E-state index contributed by atoms with van der Waals surface area (Å²) in [6.45, 7) is 2.96. The van der Waals surface area contributed by atoms with E-state index in [0.29, 0.717) is 19.1 Å². The molecule has 2 aromatic rings. The molecule has 0 amide bonds. The Morgan fingerprint density at radius 3 is 2.29 bits per heavy atom. The van der Waals surface area contributed by atoms with Gasteiger partial charge in [0, 0.05) is 40.3 Å². The highest BCUT2D eigenvalue weighted by Gasteiger charge is 2.13. The molecule has 8 heteroatoms. The fraction of sp³-hybridized carbons (Fsp3) is 0.435. The second kappa shape index (κ2) is 14.6. The van der Waals surface area contributed by atoms with E-state index in [1.165, 1.54) is 14.7 Å². The number of hydrogen-bond donors (Lipinski definition) is 5. The topological polar surface area (TPSA) is 114 Å². The number of guanidine groups is 1. The van der Waals surface area contributed by atoms with E-state index in [0.717, 1.165) is 43.8 Å². The standard InChI is InChI=1S/C23H34ClIN6/c24-19-7-3-17(4-8-19)11-13-29-22(14-18-5-9-20(25)10-6-18)16-31-21(15-26)2-1-12-30-23(27)28/h3-10,21-22,29,31H,1-2,11-16,26H2,(H4,27,28,30)/t21-,22-/m1/s1. The largest absolute Gasteiger partial charge is 0.370 e. The predicted octanol–water partition coefficient (Wildman–Crippen LogP) is 2.66. The van der Waals surface area contributed by atoms with E-state index in [9.17, 15) is 0 Å². The van der Waals surface area contributed by atoms with Gasteiger partial charge in [0.05, 0.1) is 0 Å². The second-order valence-corrected chi connectivity index (χ2v) is 9.33. The van der Waals surface area contributed by atoms with Gasteiger partial charge in [0.2, 0.25) is 0 Å². The summed E-state index contributed by atoms with van der Waals surface area (Å²) in [5.41, 5.74) is 19.4. The van der Waals surface area contributed by atoms with Gasteiger partial charge in [-0.2, -0.15) is 0 Å². The monoisotopic (exact) mass is 556 g/mol.